The van der Waals surface area contributed by atoms with Crippen molar-refractivity contribution < 1.29 is 9.53 Å². The molecule has 2 heteroatoms. The summed E-state index contributed by atoms with van der Waals surface area (Å²) in [5, 5.41) is 0. The largest absolute Gasteiger partial charge is 0.461 e. The quantitative estimate of drug-likeness (QED) is 0.598. The van der Waals surface area contributed by atoms with Gasteiger partial charge in [0, 0.05) is 0 Å². The summed E-state index contributed by atoms with van der Waals surface area (Å²) in [5.41, 5.74) is 4.79. The Morgan fingerprint density at radius 2 is 1.95 bits per heavy atom. The molecule has 1 aliphatic carbocycles. The van der Waals surface area contributed by atoms with Crippen LogP contribution in [0.25, 0.3) is 0 Å². The molecular weight excluding hydrogens is 260 g/mol. The Morgan fingerprint density at radius 1 is 1.29 bits per heavy atom. The lowest BCUT2D eigenvalue weighted by Gasteiger charge is -2.09. The Hall–Kier alpha value is -1.57. The summed E-state index contributed by atoms with van der Waals surface area (Å²) in [6.45, 7) is 12.9. The number of hydrogen-bond acceptors (Lipinski definition) is 2. The van der Waals surface area contributed by atoms with Gasteiger partial charge in [0.1, 0.15) is 6.61 Å². The number of esters is 1. The molecule has 1 aromatic rings. The molecule has 0 aromatic heterocycles. The van der Waals surface area contributed by atoms with Gasteiger partial charge >= 0.3 is 5.97 Å². The lowest BCUT2D eigenvalue weighted by Crippen LogP contribution is -2.11. The molecule has 0 bridgehead atoms. The molecule has 1 fully saturated rings. The van der Waals surface area contributed by atoms with Crippen molar-refractivity contribution >= 4 is 5.97 Å². The van der Waals surface area contributed by atoms with E-state index in [1.165, 1.54) is 16.7 Å². The van der Waals surface area contributed by atoms with Gasteiger partial charge in [0.15, 0.2) is 0 Å². The molecule has 0 spiro atoms. The molecule has 114 valence electrons. The van der Waals surface area contributed by atoms with Gasteiger partial charge in [-0.15, -0.1) is 0 Å². The minimum Gasteiger partial charge on any atom is -0.461 e. The summed E-state index contributed by atoms with van der Waals surface area (Å²) in [4.78, 5) is 12.3. The molecular formula is C19H26O2. The van der Waals surface area contributed by atoms with Crippen molar-refractivity contribution in [3.8, 4) is 0 Å². The SMILES string of the molecule is CC(C)=CC1C(C(=O)OCc2ccc(C)cc2C)C1(C)C. The lowest BCUT2D eigenvalue weighted by atomic mass is 10.1. The number of rotatable bonds is 4. The standard InChI is InChI=1S/C19H26O2/c1-12(2)9-16-17(19(16,5)6)18(20)21-11-15-8-7-13(3)10-14(15)4/h7-10,16-17H,11H2,1-6H3. The van der Waals surface area contributed by atoms with Crippen molar-refractivity contribution in [1.82, 2.24) is 0 Å². The number of allylic oxidation sites excluding steroid dienone is 2. The highest BCUT2D eigenvalue weighted by molar-refractivity contribution is 5.78. The predicted octanol–water partition coefficient (Wildman–Crippen LogP) is 4.59. The molecule has 0 N–H and O–H groups in total. The van der Waals surface area contributed by atoms with Gasteiger partial charge in [-0.1, -0.05) is 49.3 Å². The second-order valence-corrected chi connectivity index (χ2v) is 7.11. The smallest absolute Gasteiger partial charge is 0.310 e. The first-order chi connectivity index (χ1) is 9.73. The van der Waals surface area contributed by atoms with Crippen LogP contribution in [0.4, 0.5) is 0 Å². The zero-order valence-electron chi connectivity index (χ0n) is 14.0. The van der Waals surface area contributed by atoms with Crippen molar-refractivity contribution in [2.24, 2.45) is 17.3 Å². The molecule has 2 nitrogen and oxygen atoms in total. The highest BCUT2D eigenvalue weighted by Gasteiger charge is 2.61. The molecule has 2 rings (SSSR count). The van der Waals surface area contributed by atoms with Gasteiger partial charge in [0.2, 0.25) is 0 Å². The van der Waals surface area contributed by atoms with Crippen molar-refractivity contribution in [3.05, 3.63) is 46.5 Å². The van der Waals surface area contributed by atoms with E-state index >= 15 is 0 Å². The van der Waals surface area contributed by atoms with Crippen LogP contribution in [0, 0.1) is 31.1 Å². The second kappa shape index (κ2) is 5.67. The first kappa shape index (κ1) is 15.8. The Morgan fingerprint density at radius 3 is 2.52 bits per heavy atom. The van der Waals surface area contributed by atoms with Crippen LogP contribution in [0.2, 0.25) is 0 Å². The fourth-order valence-electron chi connectivity index (χ4n) is 3.04. The van der Waals surface area contributed by atoms with E-state index in [4.69, 9.17) is 4.74 Å². The maximum absolute atomic E-state index is 12.3. The Bertz CT molecular complexity index is 577. The van der Waals surface area contributed by atoms with Crippen LogP contribution in [0.5, 0.6) is 0 Å². The number of carbonyl (C=O) groups is 1. The Kier molecular flexibility index (Phi) is 4.27. The first-order valence-corrected chi connectivity index (χ1v) is 7.61. The van der Waals surface area contributed by atoms with E-state index in [-0.39, 0.29) is 17.3 Å². The van der Waals surface area contributed by atoms with Crippen LogP contribution < -0.4 is 0 Å². The second-order valence-electron chi connectivity index (χ2n) is 7.11. The number of aryl methyl sites for hydroxylation is 2. The number of hydrogen-bond donors (Lipinski definition) is 0. The predicted molar refractivity (Wildman–Crippen MR) is 85.9 cm³/mol. The van der Waals surface area contributed by atoms with Crippen molar-refractivity contribution in [1.29, 1.82) is 0 Å². The molecule has 0 saturated heterocycles. The number of carbonyl (C=O) groups excluding carboxylic acids is 1. The fourth-order valence-corrected chi connectivity index (χ4v) is 3.04. The summed E-state index contributed by atoms with van der Waals surface area (Å²) < 4.78 is 5.55. The Labute approximate surface area is 128 Å². The molecule has 0 heterocycles. The average molecular weight is 286 g/mol. The lowest BCUT2D eigenvalue weighted by molar-refractivity contribution is -0.147. The number of benzene rings is 1. The van der Waals surface area contributed by atoms with E-state index in [9.17, 15) is 4.79 Å². The van der Waals surface area contributed by atoms with Crippen LogP contribution in [0.15, 0.2) is 29.8 Å². The minimum absolute atomic E-state index is 0.00171. The van der Waals surface area contributed by atoms with Gasteiger partial charge in [-0.3, -0.25) is 4.79 Å². The van der Waals surface area contributed by atoms with E-state index in [1.54, 1.807) is 0 Å². The fraction of sp³-hybridized carbons (Fsp3) is 0.526. The summed E-state index contributed by atoms with van der Waals surface area (Å²) in [6.07, 6.45) is 2.20. The molecule has 1 saturated carbocycles. The maximum atomic E-state index is 12.3. The van der Waals surface area contributed by atoms with E-state index in [2.05, 4.69) is 59.8 Å². The van der Waals surface area contributed by atoms with E-state index < -0.39 is 0 Å². The third-order valence-electron chi connectivity index (χ3n) is 4.55. The minimum atomic E-state index is -0.0672. The van der Waals surface area contributed by atoms with Crippen LogP contribution in [-0.2, 0) is 16.1 Å². The van der Waals surface area contributed by atoms with Gasteiger partial charge < -0.3 is 4.74 Å². The maximum Gasteiger partial charge on any atom is 0.310 e. The van der Waals surface area contributed by atoms with Crippen molar-refractivity contribution in [2.75, 3.05) is 0 Å². The van der Waals surface area contributed by atoms with Crippen molar-refractivity contribution in [3.63, 3.8) is 0 Å². The highest BCUT2D eigenvalue weighted by Crippen LogP contribution is 2.59. The molecule has 21 heavy (non-hydrogen) atoms. The van der Waals surface area contributed by atoms with Crippen LogP contribution in [0.3, 0.4) is 0 Å². The molecule has 1 aromatic carbocycles. The zero-order chi connectivity index (χ0) is 15.8. The van der Waals surface area contributed by atoms with Crippen LogP contribution in [0.1, 0.15) is 44.4 Å². The van der Waals surface area contributed by atoms with E-state index in [0.717, 1.165) is 5.56 Å². The van der Waals surface area contributed by atoms with Gasteiger partial charge in [0.05, 0.1) is 5.92 Å². The normalized spacial score (nSPS) is 22.6. The van der Waals surface area contributed by atoms with Gasteiger partial charge in [-0.25, -0.2) is 0 Å². The molecule has 2 atom stereocenters. The summed E-state index contributed by atoms with van der Waals surface area (Å²) in [7, 11) is 0. The third-order valence-corrected chi connectivity index (χ3v) is 4.55. The van der Waals surface area contributed by atoms with Crippen LogP contribution >= 0.6 is 0 Å². The summed E-state index contributed by atoms with van der Waals surface area (Å²) in [5.74, 6) is 0.245. The summed E-state index contributed by atoms with van der Waals surface area (Å²) >= 11 is 0. The molecule has 0 aliphatic heterocycles. The molecule has 0 amide bonds. The topological polar surface area (TPSA) is 26.3 Å². The van der Waals surface area contributed by atoms with Gasteiger partial charge in [0.25, 0.3) is 0 Å². The van der Waals surface area contributed by atoms with Gasteiger partial charge in [-0.05, 0) is 50.2 Å². The summed E-state index contributed by atoms with van der Waals surface area (Å²) in [6, 6.07) is 6.23. The van der Waals surface area contributed by atoms with Gasteiger partial charge in [-0.2, -0.15) is 0 Å². The average Bonchev–Trinajstić information content (AvgIpc) is 2.88. The molecule has 0 radical (unpaired) electrons. The number of ether oxygens (including phenoxy) is 1. The zero-order valence-corrected chi connectivity index (χ0v) is 14.0. The molecule has 1 aliphatic rings. The third kappa shape index (κ3) is 3.37. The first-order valence-electron chi connectivity index (χ1n) is 7.61. The monoisotopic (exact) mass is 286 g/mol. The van der Waals surface area contributed by atoms with E-state index in [1.807, 2.05) is 6.07 Å². The van der Waals surface area contributed by atoms with Crippen LogP contribution in [-0.4, -0.2) is 5.97 Å². The van der Waals surface area contributed by atoms with E-state index in [0.29, 0.717) is 12.5 Å². The molecule has 2 unspecified atom stereocenters. The highest BCUT2D eigenvalue weighted by atomic mass is 16.5. The van der Waals surface area contributed by atoms with Crippen molar-refractivity contribution in [2.45, 2.75) is 48.1 Å². The Balaban J connectivity index is 1.98.